The van der Waals surface area contributed by atoms with Crippen LogP contribution in [0.25, 0.3) is 0 Å². The summed E-state index contributed by atoms with van der Waals surface area (Å²) in [5, 5.41) is 0. The summed E-state index contributed by atoms with van der Waals surface area (Å²) < 4.78 is 24.6. The Hall–Kier alpha value is -0.0900. The van der Waals surface area contributed by atoms with Crippen LogP contribution < -0.4 is 0 Å². The van der Waals surface area contributed by atoms with Crippen LogP contribution in [-0.2, 0) is 10.0 Å². The maximum atomic E-state index is 12.2. The largest absolute Gasteiger partial charge is 0.297 e. The Morgan fingerprint density at radius 1 is 1.21 bits per heavy atom. The summed E-state index contributed by atoms with van der Waals surface area (Å²) in [5.74, 6) is 0.374. The molecule has 0 spiro atoms. The number of hydrogen-bond donors (Lipinski definition) is 0. The molecule has 1 aliphatic rings. The van der Waals surface area contributed by atoms with Gasteiger partial charge in [-0.15, -0.1) is 0 Å². The van der Waals surface area contributed by atoms with E-state index in [4.69, 9.17) is 0 Å². The molecule has 0 amide bonds. The minimum atomic E-state index is -2.93. The number of quaternary nitrogens is 1. The molecule has 14 heavy (non-hydrogen) atoms. The Labute approximate surface area is 87.7 Å². The molecular formula is C10H22NO2S+. The summed E-state index contributed by atoms with van der Waals surface area (Å²) in [6.45, 7) is 7.47. The lowest BCUT2D eigenvalue weighted by Crippen LogP contribution is -2.57. The lowest BCUT2D eigenvalue weighted by atomic mass is 10.1. The molecule has 3 nitrogen and oxygen atoms in total. The van der Waals surface area contributed by atoms with Crippen molar-refractivity contribution < 1.29 is 12.3 Å². The zero-order chi connectivity index (χ0) is 10.8. The number of rotatable bonds is 2. The first-order valence-corrected chi connectivity index (χ1v) is 7.20. The van der Waals surface area contributed by atoms with Crippen molar-refractivity contribution in [3.8, 4) is 0 Å². The van der Waals surface area contributed by atoms with Gasteiger partial charge in [0, 0.05) is 6.42 Å². The molecule has 1 rings (SSSR count). The molecule has 0 saturated carbocycles. The highest BCUT2D eigenvalue weighted by Gasteiger charge is 2.44. The van der Waals surface area contributed by atoms with Crippen molar-refractivity contribution in [1.29, 1.82) is 0 Å². The van der Waals surface area contributed by atoms with E-state index in [0.717, 1.165) is 19.3 Å². The Kier molecular flexibility index (Phi) is 3.58. The standard InChI is InChI=1S/C10H22NO2S/c1-4-11(5-2)10(3)8-6-7-9-14(11,12)13/h10H,4-9H2,1-3H3/q+1. The Balaban J connectivity index is 3.15. The molecule has 0 aromatic carbocycles. The average molecular weight is 220 g/mol. The van der Waals surface area contributed by atoms with Gasteiger partial charge in [0.15, 0.2) is 0 Å². The van der Waals surface area contributed by atoms with Crippen molar-refractivity contribution in [2.45, 2.75) is 46.1 Å². The van der Waals surface area contributed by atoms with Gasteiger partial charge in [-0.3, -0.25) is 0 Å². The van der Waals surface area contributed by atoms with Gasteiger partial charge in [-0.25, -0.2) is 3.89 Å². The third-order valence-corrected chi connectivity index (χ3v) is 6.49. The van der Waals surface area contributed by atoms with Crippen LogP contribution in [0.1, 0.15) is 40.0 Å². The normalized spacial score (nSPS) is 30.9. The van der Waals surface area contributed by atoms with Gasteiger partial charge in [0.05, 0.1) is 13.1 Å². The zero-order valence-electron chi connectivity index (χ0n) is 9.49. The smallest absolute Gasteiger partial charge is 0.217 e. The second kappa shape index (κ2) is 4.19. The van der Waals surface area contributed by atoms with Gasteiger partial charge in [-0.1, -0.05) is 0 Å². The van der Waals surface area contributed by atoms with Crippen LogP contribution in [-0.4, -0.2) is 37.2 Å². The van der Waals surface area contributed by atoms with Gasteiger partial charge in [0.25, 0.3) is 10.0 Å². The van der Waals surface area contributed by atoms with Gasteiger partial charge in [0.1, 0.15) is 11.8 Å². The fourth-order valence-electron chi connectivity index (χ4n) is 2.66. The second-order valence-corrected chi connectivity index (χ2v) is 6.51. The second-order valence-electron chi connectivity index (χ2n) is 4.22. The molecule has 1 aliphatic heterocycles. The van der Waals surface area contributed by atoms with Gasteiger partial charge in [-0.05, 0) is 33.6 Å². The molecule has 0 N–H and O–H groups in total. The van der Waals surface area contributed by atoms with Crippen molar-refractivity contribution >= 4 is 10.0 Å². The van der Waals surface area contributed by atoms with Gasteiger partial charge in [0.2, 0.25) is 0 Å². The van der Waals surface area contributed by atoms with Crippen molar-refractivity contribution in [3.05, 3.63) is 0 Å². The SMILES string of the molecule is CC[N+]1(CC)C(C)CCCCS1(=O)=O. The number of sulfonamides is 1. The van der Waals surface area contributed by atoms with E-state index in [2.05, 4.69) is 6.92 Å². The third kappa shape index (κ3) is 1.70. The predicted octanol–water partition coefficient (Wildman–Crippen LogP) is 1.75. The number of hydrogen-bond acceptors (Lipinski definition) is 2. The van der Waals surface area contributed by atoms with Crippen molar-refractivity contribution in [3.63, 3.8) is 0 Å². The van der Waals surface area contributed by atoms with E-state index < -0.39 is 10.0 Å². The van der Waals surface area contributed by atoms with Crippen LogP contribution in [0.3, 0.4) is 0 Å². The minimum Gasteiger partial charge on any atom is -0.217 e. The molecule has 1 heterocycles. The molecule has 0 bridgehead atoms. The predicted molar refractivity (Wildman–Crippen MR) is 58.4 cm³/mol. The lowest BCUT2D eigenvalue weighted by molar-refractivity contribution is -0.827. The van der Waals surface area contributed by atoms with E-state index in [1.165, 1.54) is 0 Å². The van der Waals surface area contributed by atoms with Crippen LogP contribution in [0.2, 0.25) is 0 Å². The fourth-order valence-corrected chi connectivity index (χ4v) is 5.03. The highest BCUT2D eigenvalue weighted by atomic mass is 32.2. The third-order valence-electron chi connectivity index (χ3n) is 3.70. The first-order chi connectivity index (χ1) is 6.50. The van der Waals surface area contributed by atoms with Gasteiger partial charge in [-0.2, -0.15) is 8.42 Å². The van der Waals surface area contributed by atoms with Crippen LogP contribution in [0, 0.1) is 0 Å². The van der Waals surface area contributed by atoms with E-state index >= 15 is 0 Å². The van der Waals surface area contributed by atoms with E-state index in [9.17, 15) is 8.42 Å². The summed E-state index contributed by atoms with van der Waals surface area (Å²) in [4.78, 5) is 0. The van der Waals surface area contributed by atoms with E-state index in [0.29, 0.717) is 22.7 Å². The summed E-state index contributed by atoms with van der Waals surface area (Å²) in [6, 6.07) is 0.262. The van der Waals surface area contributed by atoms with Crippen molar-refractivity contribution in [1.82, 2.24) is 0 Å². The molecule has 1 saturated heterocycles. The Morgan fingerprint density at radius 3 is 2.29 bits per heavy atom. The van der Waals surface area contributed by atoms with E-state index in [1.54, 1.807) is 0 Å². The topological polar surface area (TPSA) is 34.1 Å². The van der Waals surface area contributed by atoms with Crippen LogP contribution in [0.15, 0.2) is 0 Å². The molecule has 1 unspecified atom stereocenters. The highest BCUT2D eigenvalue weighted by molar-refractivity contribution is 7.85. The summed E-state index contributed by atoms with van der Waals surface area (Å²) in [7, 11) is -2.93. The molecule has 0 aromatic heterocycles. The molecule has 0 aromatic rings. The minimum absolute atomic E-state index is 0.262. The van der Waals surface area contributed by atoms with Crippen LogP contribution in [0.5, 0.6) is 0 Å². The summed E-state index contributed by atoms with van der Waals surface area (Å²) in [5.41, 5.74) is 0. The first-order valence-electron chi connectivity index (χ1n) is 5.60. The maximum Gasteiger partial charge on any atom is 0.297 e. The van der Waals surface area contributed by atoms with Gasteiger partial charge >= 0.3 is 0 Å². The van der Waals surface area contributed by atoms with Crippen molar-refractivity contribution in [2.75, 3.05) is 18.8 Å². The fraction of sp³-hybridized carbons (Fsp3) is 1.00. The average Bonchev–Trinajstić information content (AvgIpc) is 2.24. The van der Waals surface area contributed by atoms with Crippen LogP contribution in [0.4, 0.5) is 0 Å². The molecule has 0 radical (unpaired) electrons. The maximum absolute atomic E-state index is 12.2. The highest BCUT2D eigenvalue weighted by Crippen LogP contribution is 2.28. The molecule has 1 atom stereocenters. The summed E-state index contributed by atoms with van der Waals surface area (Å²) >= 11 is 0. The van der Waals surface area contributed by atoms with E-state index in [1.807, 2.05) is 13.8 Å². The van der Waals surface area contributed by atoms with Gasteiger partial charge < -0.3 is 0 Å². The Bertz CT molecular complexity index is 280. The van der Waals surface area contributed by atoms with E-state index in [-0.39, 0.29) is 6.04 Å². The Morgan fingerprint density at radius 2 is 1.79 bits per heavy atom. The quantitative estimate of drug-likeness (QED) is 0.664. The monoisotopic (exact) mass is 220 g/mol. The zero-order valence-corrected chi connectivity index (χ0v) is 10.3. The molecule has 1 fully saturated rings. The first kappa shape index (κ1) is 12.0. The molecule has 84 valence electrons. The van der Waals surface area contributed by atoms with Crippen LogP contribution >= 0.6 is 0 Å². The van der Waals surface area contributed by atoms with Crippen molar-refractivity contribution in [2.24, 2.45) is 0 Å². The molecular weight excluding hydrogens is 198 g/mol. The summed E-state index contributed by atoms with van der Waals surface area (Å²) in [6.07, 6.45) is 2.94. The lowest BCUT2D eigenvalue weighted by Gasteiger charge is -2.38. The number of nitrogens with zero attached hydrogens (tertiary/aromatic N) is 1. The molecule has 0 aliphatic carbocycles. The molecule has 4 heteroatoms.